The molecular weight excluding hydrogens is 338 g/mol. The summed E-state index contributed by atoms with van der Waals surface area (Å²) in [6, 6.07) is 19.8. The van der Waals surface area contributed by atoms with Gasteiger partial charge in [0.25, 0.3) is 5.91 Å². The first-order chi connectivity index (χ1) is 13.2. The first-order valence-corrected chi connectivity index (χ1v) is 9.02. The number of benzene rings is 2. The number of likely N-dealkylation sites (tertiary alicyclic amines) is 1. The number of amides is 1. The van der Waals surface area contributed by atoms with Crippen LogP contribution in [0.5, 0.6) is 0 Å². The van der Waals surface area contributed by atoms with Gasteiger partial charge in [0, 0.05) is 25.7 Å². The number of carbonyl (C=O) groups excluding carboxylic acids is 1. The van der Waals surface area contributed by atoms with Gasteiger partial charge >= 0.3 is 0 Å². The van der Waals surface area contributed by atoms with Gasteiger partial charge in [-0.3, -0.25) is 9.48 Å². The Bertz CT molecular complexity index is 1090. The highest BCUT2D eigenvalue weighted by molar-refractivity contribution is 5.94. The molecule has 1 aliphatic rings. The predicted molar refractivity (Wildman–Crippen MR) is 103 cm³/mol. The van der Waals surface area contributed by atoms with Gasteiger partial charge in [-0.05, 0) is 18.2 Å². The Hall–Kier alpha value is -3.41. The molecular formula is C21H19N5O. The number of fused-ring (bicyclic) bond motifs is 1. The summed E-state index contributed by atoms with van der Waals surface area (Å²) in [4.78, 5) is 22.7. The molecule has 0 unspecified atom stereocenters. The highest BCUT2D eigenvalue weighted by Gasteiger charge is 2.35. The van der Waals surface area contributed by atoms with Crippen LogP contribution in [-0.2, 0) is 7.05 Å². The Labute approximate surface area is 156 Å². The zero-order chi connectivity index (χ0) is 18.4. The molecule has 0 radical (unpaired) electrons. The molecule has 2 aromatic heterocycles. The van der Waals surface area contributed by atoms with E-state index in [0.717, 1.165) is 28.1 Å². The maximum absolute atomic E-state index is 12.9. The van der Waals surface area contributed by atoms with Crippen LogP contribution in [0.1, 0.15) is 22.2 Å². The third kappa shape index (κ3) is 2.70. The van der Waals surface area contributed by atoms with Gasteiger partial charge in [0.05, 0.1) is 22.6 Å². The van der Waals surface area contributed by atoms with Crippen molar-refractivity contribution in [3.63, 3.8) is 0 Å². The Balaban J connectivity index is 1.32. The van der Waals surface area contributed by atoms with Crippen LogP contribution >= 0.6 is 0 Å². The minimum atomic E-state index is 0.0135. The predicted octanol–water partition coefficient (Wildman–Crippen LogP) is 3.20. The van der Waals surface area contributed by atoms with E-state index < -0.39 is 0 Å². The second-order valence-electron chi connectivity index (χ2n) is 6.95. The van der Waals surface area contributed by atoms with Crippen molar-refractivity contribution in [2.75, 3.05) is 13.1 Å². The molecule has 6 nitrogen and oxygen atoms in total. The summed E-state index contributed by atoms with van der Waals surface area (Å²) in [5.74, 6) is 1.22. The second kappa shape index (κ2) is 6.09. The number of hydrogen-bond donors (Lipinski definition) is 1. The molecule has 1 amide bonds. The lowest BCUT2D eigenvalue weighted by atomic mass is 9.99. The van der Waals surface area contributed by atoms with Gasteiger partial charge in [0.1, 0.15) is 11.5 Å². The molecule has 6 heteroatoms. The fourth-order valence-electron chi connectivity index (χ4n) is 3.56. The topological polar surface area (TPSA) is 66.8 Å². The van der Waals surface area contributed by atoms with Crippen LogP contribution in [0.3, 0.4) is 0 Å². The maximum atomic E-state index is 12.9. The molecule has 2 aromatic carbocycles. The summed E-state index contributed by atoms with van der Waals surface area (Å²) in [5, 5.41) is 4.50. The van der Waals surface area contributed by atoms with Crippen LogP contribution in [-0.4, -0.2) is 43.6 Å². The van der Waals surface area contributed by atoms with Gasteiger partial charge in [-0.1, -0.05) is 42.5 Å². The van der Waals surface area contributed by atoms with E-state index in [0.29, 0.717) is 18.8 Å². The van der Waals surface area contributed by atoms with Gasteiger partial charge in [0.2, 0.25) is 0 Å². The first kappa shape index (κ1) is 15.8. The van der Waals surface area contributed by atoms with Crippen molar-refractivity contribution in [3.05, 3.63) is 72.2 Å². The molecule has 134 valence electrons. The Kier molecular flexibility index (Phi) is 3.57. The molecule has 5 rings (SSSR count). The maximum Gasteiger partial charge on any atom is 0.272 e. The molecule has 0 aliphatic carbocycles. The molecule has 0 atom stereocenters. The van der Waals surface area contributed by atoms with Crippen LogP contribution in [0.25, 0.3) is 22.3 Å². The average molecular weight is 357 g/mol. The number of rotatable bonds is 3. The number of H-pyrrole nitrogens is 1. The summed E-state index contributed by atoms with van der Waals surface area (Å²) in [6.07, 6.45) is 0. The fourth-order valence-corrected chi connectivity index (χ4v) is 3.56. The van der Waals surface area contributed by atoms with E-state index in [1.54, 1.807) is 4.68 Å². The third-order valence-electron chi connectivity index (χ3n) is 5.13. The minimum absolute atomic E-state index is 0.0135. The molecule has 1 aliphatic heterocycles. The van der Waals surface area contributed by atoms with Gasteiger partial charge in [0.15, 0.2) is 0 Å². The standard InChI is InChI=1S/C21H19N5O/c1-25-19(11-18(24-25)14-7-3-2-4-8-14)21(27)26-12-15(13-26)20-22-16-9-5-6-10-17(16)23-20/h2-11,15H,12-13H2,1H3,(H,22,23). The number of carbonyl (C=O) groups is 1. The summed E-state index contributed by atoms with van der Waals surface area (Å²) >= 11 is 0. The summed E-state index contributed by atoms with van der Waals surface area (Å²) < 4.78 is 1.67. The lowest BCUT2D eigenvalue weighted by molar-refractivity contribution is 0.0584. The van der Waals surface area contributed by atoms with E-state index in [1.807, 2.05) is 72.6 Å². The quantitative estimate of drug-likeness (QED) is 0.612. The van der Waals surface area contributed by atoms with E-state index in [-0.39, 0.29) is 11.8 Å². The van der Waals surface area contributed by atoms with Gasteiger partial charge in [-0.2, -0.15) is 5.10 Å². The number of para-hydroxylation sites is 2. The van der Waals surface area contributed by atoms with E-state index in [4.69, 9.17) is 0 Å². The molecule has 1 saturated heterocycles. The Morgan fingerprint density at radius 1 is 1.07 bits per heavy atom. The molecule has 27 heavy (non-hydrogen) atoms. The van der Waals surface area contributed by atoms with Crippen LogP contribution in [0, 0.1) is 0 Å². The number of nitrogens with one attached hydrogen (secondary N) is 1. The van der Waals surface area contributed by atoms with Crippen molar-refractivity contribution < 1.29 is 4.79 Å². The van der Waals surface area contributed by atoms with Gasteiger partial charge < -0.3 is 9.88 Å². The average Bonchev–Trinajstić information content (AvgIpc) is 3.24. The zero-order valence-electron chi connectivity index (χ0n) is 15.0. The SMILES string of the molecule is Cn1nc(-c2ccccc2)cc1C(=O)N1CC(c2nc3ccccc3[nH]2)C1. The monoisotopic (exact) mass is 357 g/mol. The number of aromatic nitrogens is 4. The number of nitrogens with zero attached hydrogens (tertiary/aromatic N) is 4. The molecule has 0 spiro atoms. The zero-order valence-corrected chi connectivity index (χ0v) is 15.0. The highest BCUT2D eigenvalue weighted by Crippen LogP contribution is 2.29. The van der Waals surface area contributed by atoms with E-state index >= 15 is 0 Å². The van der Waals surface area contributed by atoms with Crippen molar-refractivity contribution in [3.8, 4) is 11.3 Å². The smallest absolute Gasteiger partial charge is 0.272 e. The molecule has 0 bridgehead atoms. The van der Waals surface area contributed by atoms with E-state index in [1.165, 1.54) is 0 Å². The molecule has 1 N–H and O–H groups in total. The normalized spacial score (nSPS) is 14.5. The van der Waals surface area contributed by atoms with Crippen molar-refractivity contribution in [1.82, 2.24) is 24.6 Å². The number of aryl methyl sites for hydroxylation is 1. The Morgan fingerprint density at radius 2 is 1.81 bits per heavy atom. The van der Waals surface area contributed by atoms with Gasteiger partial charge in [-0.15, -0.1) is 0 Å². The third-order valence-corrected chi connectivity index (χ3v) is 5.13. The number of hydrogen-bond acceptors (Lipinski definition) is 3. The molecule has 0 saturated carbocycles. The van der Waals surface area contributed by atoms with Crippen LogP contribution in [0.2, 0.25) is 0 Å². The van der Waals surface area contributed by atoms with Crippen molar-refractivity contribution in [2.45, 2.75) is 5.92 Å². The highest BCUT2D eigenvalue weighted by atomic mass is 16.2. The van der Waals surface area contributed by atoms with Crippen molar-refractivity contribution in [1.29, 1.82) is 0 Å². The summed E-state index contributed by atoms with van der Waals surface area (Å²) in [7, 11) is 1.82. The summed E-state index contributed by atoms with van der Waals surface area (Å²) in [6.45, 7) is 1.34. The molecule has 3 heterocycles. The van der Waals surface area contributed by atoms with Gasteiger partial charge in [-0.25, -0.2) is 4.98 Å². The van der Waals surface area contributed by atoms with Crippen LogP contribution in [0.15, 0.2) is 60.7 Å². The van der Waals surface area contributed by atoms with Crippen molar-refractivity contribution in [2.24, 2.45) is 7.05 Å². The first-order valence-electron chi connectivity index (χ1n) is 9.02. The van der Waals surface area contributed by atoms with Crippen LogP contribution in [0.4, 0.5) is 0 Å². The minimum Gasteiger partial charge on any atom is -0.342 e. The number of imidazole rings is 1. The fraction of sp³-hybridized carbons (Fsp3) is 0.190. The largest absolute Gasteiger partial charge is 0.342 e. The van der Waals surface area contributed by atoms with E-state index in [2.05, 4.69) is 15.1 Å². The lowest BCUT2D eigenvalue weighted by Gasteiger charge is -2.38. The lowest BCUT2D eigenvalue weighted by Crippen LogP contribution is -2.49. The second-order valence-corrected chi connectivity index (χ2v) is 6.95. The van der Waals surface area contributed by atoms with Crippen molar-refractivity contribution >= 4 is 16.9 Å². The number of aromatic amines is 1. The van der Waals surface area contributed by atoms with E-state index in [9.17, 15) is 4.79 Å². The molecule has 1 fully saturated rings. The Morgan fingerprint density at radius 3 is 2.59 bits per heavy atom. The molecule has 4 aromatic rings. The summed E-state index contributed by atoms with van der Waals surface area (Å²) in [5.41, 5.74) is 4.44. The van der Waals surface area contributed by atoms with Crippen LogP contribution < -0.4 is 0 Å².